The third-order valence-electron chi connectivity index (χ3n) is 2.66. The Kier molecular flexibility index (Phi) is 6.77. The van der Waals surface area contributed by atoms with Crippen molar-refractivity contribution < 1.29 is 19.0 Å². The van der Waals surface area contributed by atoms with E-state index in [4.69, 9.17) is 14.2 Å². The van der Waals surface area contributed by atoms with Gasteiger partial charge in [0.15, 0.2) is 5.69 Å². The molecule has 0 atom stereocenters. The van der Waals surface area contributed by atoms with Gasteiger partial charge in [-0.1, -0.05) is 5.21 Å². The second-order valence-electron chi connectivity index (χ2n) is 5.71. The molecule has 0 fully saturated rings. The molecule has 0 aliphatic carbocycles. The Morgan fingerprint density at radius 1 is 1.24 bits per heavy atom. The van der Waals surface area contributed by atoms with Gasteiger partial charge in [0.05, 0.1) is 18.8 Å². The Balaban J connectivity index is 2.46. The molecule has 0 unspecified atom stereocenters. The van der Waals surface area contributed by atoms with Gasteiger partial charge in [-0.15, -0.1) is 5.10 Å². The van der Waals surface area contributed by atoms with Crippen molar-refractivity contribution in [3.8, 4) is 0 Å². The summed E-state index contributed by atoms with van der Waals surface area (Å²) >= 11 is 0. The molecule has 21 heavy (non-hydrogen) atoms. The first-order chi connectivity index (χ1) is 9.85. The minimum Gasteiger partial charge on any atom is -0.455 e. The summed E-state index contributed by atoms with van der Waals surface area (Å²) in [6.07, 6.45) is 0.857. The molecule has 1 aromatic heterocycles. The van der Waals surface area contributed by atoms with E-state index >= 15 is 0 Å². The number of aromatic nitrogens is 3. The summed E-state index contributed by atoms with van der Waals surface area (Å²) in [5.74, 6) is -0.452. The van der Waals surface area contributed by atoms with E-state index < -0.39 is 11.6 Å². The lowest BCUT2D eigenvalue weighted by Crippen LogP contribution is -2.24. The topological polar surface area (TPSA) is 75.5 Å². The number of carbonyl (C=O) groups is 1. The van der Waals surface area contributed by atoms with E-state index in [-0.39, 0.29) is 5.69 Å². The zero-order valence-electron chi connectivity index (χ0n) is 13.5. The van der Waals surface area contributed by atoms with Crippen molar-refractivity contribution in [1.82, 2.24) is 15.0 Å². The summed E-state index contributed by atoms with van der Waals surface area (Å²) in [5, 5.41) is 7.85. The largest absolute Gasteiger partial charge is 0.455 e. The number of carbonyl (C=O) groups excluding carboxylic acids is 1. The second-order valence-corrected chi connectivity index (χ2v) is 5.71. The average Bonchev–Trinajstić information content (AvgIpc) is 2.73. The highest BCUT2D eigenvalue weighted by Crippen LogP contribution is 2.13. The van der Waals surface area contributed by atoms with Crippen molar-refractivity contribution in [2.75, 3.05) is 26.9 Å². The van der Waals surface area contributed by atoms with E-state index in [9.17, 15) is 4.79 Å². The molecule has 0 aliphatic rings. The molecule has 7 heteroatoms. The van der Waals surface area contributed by atoms with Gasteiger partial charge in [-0.3, -0.25) is 0 Å². The van der Waals surface area contributed by atoms with Gasteiger partial charge in [-0.2, -0.15) is 0 Å². The third kappa shape index (κ3) is 6.22. The summed E-state index contributed by atoms with van der Waals surface area (Å²) in [4.78, 5) is 12.0. The SMILES string of the molecule is COCCCOCCn1nnc(C(=O)OC(C)(C)C)c1C. The molecule has 1 heterocycles. The van der Waals surface area contributed by atoms with Gasteiger partial charge in [-0.25, -0.2) is 9.48 Å². The summed E-state index contributed by atoms with van der Waals surface area (Å²) in [5.41, 5.74) is 0.395. The lowest BCUT2D eigenvalue weighted by molar-refractivity contribution is 0.00617. The molecular weight excluding hydrogens is 274 g/mol. The van der Waals surface area contributed by atoms with E-state index in [0.29, 0.717) is 32.1 Å². The van der Waals surface area contributed by atoms with Crippen LogP contribution in [0.2, 0.25) is 0 Å². The Bertz CT molecular complexity index is 452. The standard InChI is InChI=1S/C14H25N3O4/c1-11-12(13(18)21-14(2,3)4)15-16-17(11)7-10-20-9-6-8-19-5/h6-10H2,1-5H3. The molecule has 120 valence electrons. The molecule has 0 aliphatic heterocycles. The fourth-order valence-electron chi connectivity index (χ4n) is 1.65. The Hall–Kier alpha value is -1.47. The molecule has 7 nitrogen and oxygen atoms in total. The first-order valence-corrected chi connectivity index (χ1v) is 7.05. The first kappa shape index (κ1) is 17.6. The van der Waals surface area contributed by atoms with Crippen LogP contribution in [0.3, 0.4) is 0 Å². The van der Waals surface area contributed by atoms with Crippen LogP contribution in [0.1, 0.15) is 43.4 Å². The van der Waals surface area contributed by atoms with Crippen molar-refractivity contribution in [3.05, 3.63) is 11.4 Å². The van der Waals surface area contributed by atoms with Crippen molar-refractivity contribution >= 4 is 5.97 Å². The Labute approximate surface area is 125 Å². The van der Waals surface area contributed by atoms with Crippen LogP contribution in [0.4, 0.5) is 0 Å². The van der Waals surface area contributed by atoms with Crippen LogP contribution in [0.15, 0.2) is 0 Å². The number of hydrogen-bond acceptors (Lipinski definition) is 6. The van der Waals surface area contributed by atoms with Crippen LogP contribution >= 0.6 is 0 Å². The second kappa shape index (κ2) is 8.09. The maximum absolute atomic E-state index is 12.0. The third-order valence-corrected chi connectivity index (χ3v) is 2.66. The molecule has 0 bridgehead atoms. The maximum Gasteiger partial charge on any atom is 0.361 e. The van der Waals surface area contributed by atoms with Crippen LogP contribution in [0.25, 0.3) is 0 Å². The van der Waals surface area contributed by atoms with Gasteiger partial charge in [0.25, 0.3) is 0 Å². The highest BCUT2D eigenvalue weighted by molar-refractivity contribution is 5.88. The number of hydrogen-bond donors (Lipinski definition) is 0. The lowest BCUT2D eigenvalue weighted by atomic mass is 10.2. The van der Waals surface area contributed by atoms with Gasteiger partial charge >= 0.3 is 5.97 Å². The van der Waals surface area contributed by atoms with E-state index in [1.165, 1.54) is 0 Å². The number of methoxy groups -OCH3 is 1. The van der Waals surface area contributed by atoms with Crippen molar-refractivity contribution in [2.45, 2.75) is 46.3 Å². The smallest absolute Gasteiger partial charge is 0.361 e. The van der Waals surface area contributed by atoms with Crippen LogP contribution < -0.4 is 0 Å². The average molecular weight is 299 g/mol. The zero-order valence-corrected chi connectivity index (χ0v) is 13.5. The number of ether oxygens (including phenoxy) is 3. The van der Waals surface area contributed by atoms with Crippen molar-refractivity contribution in [1.29, 1.82) is 0 Å². The summed E-state index contributed by atoms with van der Waals surface area (Å²) < 4.78 is 17.3. The van der Waals surface area contributed by atoms with E-state index in [1.54, 1.807) is 18.7 Å². The van der Waals surface area contributed by atoms with Crippen LogP contribution in [0, 0.1) is 6.92 Å². The minimum atomic E-state index is -0.544. The fraction of sp³-hybridized carbons (Fsp3) is 0.786. The van der Waals surface area contributed by atoms with Crippen LogP contribution in [-0.2, 0) is 20.8 Å². The summed E-state index contributed by atoms with van der Waals surface area (Å²) in [6.45, 7) is 9.64. The molecule has 0 saturated heterocycles. The van der Waals surface area contributed by atoms with Crippen LogP contribution in [0.5, 0.6) is 0 Å². The molecule has 0 N–H and O–H groups in total. The number of rotatable bonds is 8. The van der Waals surface area contributed by atoms with Gasteiger partial charge in [0, 0.05) is 20.3 Å². The van der Waals surface area contributed by atoms with Crippen molar-refractivity contribution in [3.63, 3.8) is 0 Å². The molecule has 0 radical (unpaired) electrons. The lowest BCUT2D eigenvalue weighted by Gasteiger charge is -2.18. The monoisotopic (exact) mass is 299 g/mol. The predicted octanol–water partition coefficient (Wildman–Crippen LogP) is 1.59. The summed E-state index contributed by atoms with van der Waals surface area (Å²) in [7, 11) is 1.66. The Morgan fingerprint density at radius 3 is 2.57 bits per heavy atom. The molecule has 0 spiro atoms. The van der Waals surface area contributed by atoms with Crippen molar-refractivity contribution in [2.24, 2.45) is 0 Å². The first-order valence-electron chi connectivity index (χ1n) is 7.05. The fourth-order valence-corrected chi connectivity index (χ4v) is 1.65. The number of nitrogens with zero attached hydrogens (tertiary/aromatic N) is 3. The molecule has 0 amide bonds. The predicted molar refractivity (Wildman–Crippen MR) is 77.2 cm³/mol. The number of esters is 1. The minimum absolute atomic E-state index is 0.254. The molecule has 1 rings (SSSR count). The van der Waals surface area contributed by atoms with Crippen LogP contribution in [-0.4, -0.2) is 53.5 Å². The highest BCUT2D eigenvalue weighted by atomic mass is 16.6. The maximum atomic E-state index is 12.0. The molecule has 1 aromatic rings. The molecule has 0 aromatic carbocycles. The van der Waals surface area contributed by atoms with E-state index in [2.05, 4.69) is 10.3 Å². The van der Waals surface area contributed by atoms with E-state index in [1.807, 2.05) is 20.8 Å². The summed E-state index contributed by atoms with van der Waals surface area (Å²) in [6, 6.07) is 0. The Morgan fingerprint density at radius 2 is 1.95 bits per heavy atom. The zero-order chi connectivity index (χ0) is 15.9. The van der Waals surface area contributed by atoms with Gasteiger partial charge in [0.2, 0.25) is 0 Å². The molecule has 0 saturated carbocycles. The normalized spacial score (nSPS) is 11.7. The van der Waals surface area contributed by atoms with E-state index in [0.717, 1.165) is 6.42 Å². The highest BCUT2D eigenvalue weighted by Gasteiger charge is 2.23. The van der Waals surface area contributed by atoms with Gasteiger partial charge in [-0.05, 0) is 34.1 Å². The quantitative estimate of drug-likeness (QED) is 0.536. The molecular formula is C14H25N3O4. The van der Waals surface area contributed by atoms with Gasteiger partial charge in [0.1, 0.15) is 5.60 Å². The van der Waals surface area contributed by atoms with Gasteiger partial charge < -0.3 is 14.2 Å².